The van der Waals surface area contributed by atoms with Crippen LogP contribution in [0.4, 0.5) is 5.69 Å². The minimum Gasteiger partial charge on any atom is -0.495 e. The summed E-state index contributed by atoms with van der Waals surface area (Å²) in [6.07, 6.45) is 0.671. The number of amides is 2. The zero-order valence-electron chi connectivity index (χ0n) is 24.2. The molecule has 4 N–H and O–H groups in total. The van der Waals surface area contributed by atoms with Crippen molar-refractivity contribution in [2.75, 3.05) is 25.6 Å². The number of carbonyl (C=O) groups is 2. The number of rotatable bonds is 13. The summed E-state index contributed by atoms with van der Waals surface area (Å²) < 4.78 is 17.3. The highest BCUT2D eigenvalue weighted by Gasteiger charge is 2.17. The second-order valence-corrected chi connectivity index (χ2v) is 9.75. The number of nitriles is 1. The van der Waals surface area contributed by atoms with Gasteiger partial charge in [0.25, 0.3) is 11.8 Å². The standard InChI is InChI=1S/C34H34N4O5/c1-23-8-13-27(31(18-23)43-22-25-11-9-24(20-36)10-12-25)21-37-33(39)26-14-15-29(32(19-26)41-2)38-34(40)28-6-3-4-7-30(28)42-17-5-16-35/h3-4,6-15,18-19H,5,16-17,21-22,35H2,1-2H3,(H,37,39)(H,38,40). The Morgan fingerprint density at radius 2 is 1.67 bits per heavy atom. The molecule has 0 bridgehead atoms. The van der Waals surface area contributed by atoms with Crippen molar-refractivity contribution < 1.29 is 23.8 Å². The SMILES string of the molecule is COc1cc(C(=O)NCc2ccc(C)cc2OCc2ccc(C#N)cc2)ccc1NC(=O)c1ccccc1OCCCN. The molecule has 0 aliphatic rings. The third kappa shape index (κ3) is 8.35. The Balaban J connectivity index is 1.41. The largest absolute Gasteiger partial charge is 0.495 e. The van der Waals surface area contributed by atoms with Crippen molar-refractivity contribution in [1.29, 1.82) is 5.26 Å². The Kier molecular flexibility index (Phi) is 10.7. The number of para-hydroxylation sites is 1. The fourth-order valence-corrected chi connectivity index (χ4v) is 4.23. The van der Waals surface area contributed by atoms with Gasteiger partial charge in [0.15, 0.2) is 0 Å². The average molecular weight is 579 g/mol. The summed E-state index contributed by atoms with van der Waals surface area (Å²) in [7, 11) is 1.47. The van der Waals surface area contributed by atoms with Crippen LogP contribution in [-0.2, 0) is 13.2 Å². The lowest BCUT2D eigenvalue weighted by molar-refractivity contribution is 0.0949. The summed E-state index contributed by atoms with van der Waals surface area (Å²) in [5.41, 5.74) is 10.1. The number of nitrogens with one attached hydrogen (secondary N) is 2. The van der Waals surface area contributed by atoms with E-state index in [4.69, 9.17) is 25.2 Å². The average Bonchev–Trinajstić information content (AvgIpc) is 3.03. The molecule has 4 aromatic rings. The molecule has 0 saturated carbocycles. The van der Waals surface area contributed by atoms with Crippen molar-refractivity contribution in [1.82, 2.24) is 5.32 Å². The van der Waals surface area contributed by atoms with Gasteiger partial charge in [0, 0.05) is 17.7 Å². The molecule has 0 aliphatic carbocycles. The highest BCUT2D eigenvalue weighted by atomic mass is 16.5. The molecule has 43 heavy (non-hydrogen) atoms. The summed E-state index contributed by atoms with van der Waals surface area (Å²) >= 11 is 0. The molecule has 0 radical (unpaired) electrons. The van der Waals surface area contributed by atoms with Crippen molar-refractivity contribution in [3.05, 3.63) is 118 Å². The van der Waals surface area contributed by atoms with Gasteiger partial charge in [0.2, 0.25) is 0 Å². The maximum absolute atomic E-state index is 13.1. The van der Waals surface area contributed by atoms with E-state index in [-0.39, 0.29) is 18.4 Å². The molecule has 220 valence electrons. The van der Waals surface area contributed by atoms with E-state index >= 15 is 0 Å². The summed E-state index contributed by atoms with van der Waals surface area (Å²) in [6, 6.07) is 26.9. The zero-order valence-corrected chi connectivity index (χ0v) is 24.2. The van der Waals surface area contributed by atoms with Gasteiger partial charge in [-0.3, -0.25) is 9.59 Å². The van der Waals surface area contributed by atoms with Crippen molar-refractivity contribution in [2.45, 2.75) is 26.5 Å². The predicted molar refractivity (Wildman–Crippen MR) is 164 cm³/mol. The van der Waals surface area contributed by atoms with E-state index in [1.54, 1.807) is 54.6 Å². The summed E-state index contributed by atoms with van der Waals surface area (Å²) in [5, 5.41) is 14.8. The van der Waals surface area contributed by atoms with Crippen LogP contribution in [0.1, 0.15) is 49.4 Å². The van der Waals surface area contributed by atoms with Gasteiger partial charge < -0.3 is 30.6 Å². The normalized spacial score (nSPS) is 10.4. The fourth-order valence-electron chi connectivity index (χ4n) is 4.23. The Hall–Kier alpha value is -5.33. The number of anilines is 1. The van der Waals surface area contributed by atoms with Gasteiger partial charge >= 0.3 is 0 Å². The molecule has 0 atom stereocenters. The minimum absolute atomic E-state index is 0.240. The molecule has 0 unspecified atom stereocenters. The number of nitrogens with two attached hydrogens (primary N) is 1. The van der Waals surface area contributed by atoms with Crippen LogP contribution in [0.3, 0.4) is 0 Å². The first-order valence-corrected chi connectivity index (χ1v) is 13.8. The summed E-state index contributed by atoms with van der Waals surface area (Å²) in [5.74, 6) is 0.775. The highest BCUT2D eigenvalue weighted by Crippen LogP contribution is 2.28. The van der Waals surface area contributed by atoms with Gasteiger partial charge in [-0.05, 0) is 79.5 Å². The number of ether oxygens (including phenoxy) is 3. The Bertz CT molecular complexity index is 1610. The van der Waals surface area contributed by atoms with Gasteiger partial charge in [-0.2, -0.15) is 5.26 Å². The van der Waals surface area contributed by atoms with Crippen molar-refractivity contribution in [2.24, 2.45) is 5.73 Å². The van der Waals surface area contributed by atoms with Crippen LogP contribution in [0.2, 0.25) is 0 Å². The third-order valence-electron chi connectivity index (χ3n) is 6.59. The van der Waals surface area contributed by atoms with E-state index in [9.17, 15) is 9.59 Å². The molecule has 2 amide bonds. The molecule has 0 heterocycles. The number of aryl methyl sites for hydroxylation is 1. The van der Waals surface area contributed by atoms with E-state index in [1.807, 2.05) is 37.3 Å². The van der Waals surface area contributed by atoms with Crippen molar-refractivity contribution >= 4 is 17.5 Å². The van der Waals surface area contributed by atoms with Crippen LogP contribution < -0.4 is 30.6 Å². The molecule has 4 aromatic carbocycles. The smallest absolute Gasteiger partial charge is 0.259 e. The topological polar surface area (TPSA) is 136 Å². The second kappa shape index (κ2) is 15.1. The number of nitrogens with zero attached hydrogens (tertiary/aromatic N) is 1. The van der Waals surface area contributed by atoms with Crippen molar-refractivity contribution in [3.8, 4) is 23.3 Å². The monoisotopic (exact) mass is 578 g/mol. The van der Waals surface area contributed by atoms with Crippen LogP contribution in [0.5, 0.6) is 17.2 Å². The first-order chi connectivity index (χ1) is 20.9. The van der Waals surface area contributed by atoms with E-state index in [1.165, 1.54) is 7.11 Å². The Morgan fingerprint density at radius 1 is 0.884 bits per heavy atom. The van der Waals surface area contributed by atoms with Crippen molar-refractivity contribution in [3.63, 3.8) is 0 Å². The van der Waals surface area contributed by atoms with Gasteiger partial charge in [0.05, 0.1) is 36.6 Å². The lowest BCUT2D eigenvalue weighted by Crippen LogP contribution is -2.23. The van der Waals surface area contributed by atoms with Gasteiger partial charge in [-0.25, -0.2) is 0 Å². The van der Waals surface area contributed by atoms with E-state index < -0.39 is 0 Å². The van der Waals surface area contributed by atoms with Gasteiger partial charge in [-0.15, -0.1) is 0 Å². The molecule has 0 fully saturated rings. The predicted octanol–water partition coefficient (Wildman–Crippen LogP) is 5.36. The molecule has 9 nitrogen and oxygen atoms in total. The molecule has 4 rings (SSSR count). The maximum atomic E-state index is 13.1. The molecular weight excluding hydrogens is 544 g/mol. The fraction of sp³-hybridized carbons (Fsp3) is 0.206. The number of hydrogen-bond donors (Lipinski definition) is 3. The van der Waals surface area contributed by atoms with Crippen LogP contribution >= 0.6 is 0 Å². The van der Waals surface area contributed by atoms with Crippen LogP contribution in [0, 0.1) is 18.3 Å². The second-order valence-electron chi connectivity index (χ2n) is 9.75. The number of carbonyl (C=O) groups excluding carboxylic acids is 2. The number of methoxy groups -OCH3 is 1. The molecule has 0 aromatic heterocycles. The lowest BCUT2D eigenvalue weighted by Gasteiger charge is -2.15. The van der Waals surface area contributed by atoms with E-state index in [2.05, 4.69) is 16.7 Å². The highest BCUT2D eigenvalue weighted by molar-refractivity contribution is 6.07. The molecular formula is C34H34N4O5. The quantitative estimate of drug-likeness (QED) is 0.182. The Labute approximate surface area is 251 Å². The molecule has 0 saturated heterocycles. The lowest BCUT2D eigenvalue weighted by atomic mass is 10.1. The zero-order chi connectivity index (χ0) is 30.6. The van der Waals surface area contributed by atoms with E-state index in [0.717, 1.165) is 16.7 Å². The molecule has 9 heteroatoms. The molecule has 0 spiro atoms. The minimum atomic E-state index is -0.369. The number of hydrogen-bond acceptors (Lipinski definition) is 7. The van der Waals surface area contributed by atoms with Gasteiger partial charge in [-0.1, -0.05) is 36.4 Å². The Morgan fingerprint density at radius 3 is 2.42 bits per heavy atom. The van der Waals surface area contributed by atoms with Crippen LogP contribution in [0.25, 0.3) is 0 Å². The first-order valence-electron chi connectivity index (χ1n) is 13.8. The van der Waals surface area contributed by atoms with Crippen LogP contribution in [-0.4, -0.2) is 32.1 Å². The van der Waals surface area contributed by atoms with Crippen LogP contribution in [0.15, 0.2) is 84.9 Å². The molecule has 0 aliphatic heterocycles. The summed E-state index contributed by atoms with van der Waals surface area (Å²) in [4.78, 5) is 26.1. The third-order valence-corrected chi connectivity index (χ3v) is 6.59. The number of benzene rings is 4. The maximum Gasteiger partial charge on any atom is 0.259 e. The van der Waals surface area contributed by atoms with Gasteiger partial charge in [0.1, 0.15) is 23.9 Å². The first kappa shape index (κ1) is 30.6. The summed E-state index contributed by atoms with van der Waals surface area (Å²) in [6.45, 7) is 3.43. The van der Waals surface area contributed by atoms with E-state index in [0.29, 0.717) is 65.8 Å².